The van der Waals surface area contributed by atoms with Gasteiger partial charge in [-0.05, 0) is 18.2 Å². The summed E-state index contributed by atoms with van der Waals surface area (Å²) >= 11 is 5.53. The lowest BCUT2D eigenvalue weighted by molar-refractivity contribution is -0.138. The summed E-state index contributed by atoms with van der Waals surface area (Å²) in [5.41, 5.74) is 5.01. The summed E-state index contributed by atoms with van der Waals surface area (Å²) in [6, 6.07) is 1.92. The zero-order valence-electron chi connectivity index (χ0n) is 7.48. The van der Waals surface area contributed by atoms with Gasteiger partial charge in [0.1, 0.15) is 5.82 Å². The van der Waals surface area contributed by atoms with Gasteiger partial charge in [0, 0.05) is 16.6 Å². The molecule has 2 N–H and O–H groups in total. The van der Waals surface area contributed by atoms with E-state index in [-0.39, 0.29) is 10.6 Å². The Balaban J connectivity index is 2.90. The number of benzene rings is 1. The standard InChI is InChI=1S/C9H8ClF4N/c10-5-1-2-7(11)6(3-5)8(15)4-9(12,13)14/h1-3,8H,4,15H2/t8-/m1/s1. The zero-order valence-corrected chi connectivity index (χ0v) is 8.24. The first kappa shape index (κ1) is 12.3. The molecule has 0 spiro atoms. The molecule has 0 saturated heterocycles. The summed E-state index contributed by atoms with van der Waals surface area (Å²) in [7, 11) is 0. The molecule has 0 aromatic heterocycles. The third kappa shape index (κ3) is 3.68. The zero-order chi connectivity index (χ0) is 11.6. The average molecular weight is 242 g/mol. The molecule has 0 aliphatic carbocycles. The van der Waals surface area contributed by atoms with Crippen LogP contribution in [0.1, 0.15) is 18.0 Å². The summed E-state index contributed by atoms with van der Waals surface area (Å²) < 4.78 is 49.1. The second kappa shape index (κ2) is 4.37. The molecule has 15 heavy (non-hydrogen) atoms. The van der Waals surface area contributed by atoms with E-state index in [9.17, 15) is 17.6 Å². The maximum atomic E-state index is 13.1. The van der Waals surface area contributed by atoms with Crippen LogP contribution in [0.15, 0.2) is 18.2 Å². The van der Waals surface area contributed by atoms with Gasteiger partial charge in [0.05, 0.1) is 6.42 Å². The molecule has 0 saturated carbocycles. The molecule has 0 aliphatic rings. The highest BCUT2D eigenvalue weighted by Crippen LogP contribution is 2.30. The van der Waals surface area contributed by atoms with Crippen molar-refractivity contribution in [2.45, 2.75) is 18.6 Å². The molecule has 0 fully saturated rings. The molecule has 0 bridgehead atoms. The van der Waals surface area contributed by atoms with Crippen molar-refractivity contribution in [3.05, 3.63) is 34.6 Å². The number of hydrogen-bond donors (Lipinski definition) is 1. The molecule has 1 aromatic carbocycles. The molecule has 1 rings (SSSR count). The van der Waals surface area contributed by atoms with Crippen LogP contribution >= 0.6 is 11.6 Å². The number of rotatable bonds is 2. The minimum absolute atomic E-state index is 0.157. The van der Waals surface area contributed by atoms with E-state index < -0.39 is 24.5 Å². The molecule has 1 atom stereocenters. The first-order valence-corrected chi connectivity index (χ1v) is 4.44. The summed E-state index contributed by atoms with van der Waals surface area (Å²) in [6.45, 7) is 0. The van der Waals surface area contributed by atoms with Crippen molar-refractivity contribution in [2.75, 3.05) is 0 Å². The van der Waals surface area contributed by atoms with Crippen LogP contribution in [-0.2, 0) is 0 Å². The van der Waals surface area contributed by atoms with Crippen molar-refractivity contribution in [3.63, 3.8) is 0 Å². The average Bonchev–Trinajstić information content (AvgIpc) is 2.06. The van der Waals surface area contributed by atoms with Crippen molar-refractivity contribution in [2.24, 2.45) is 5.73 Å². The van der Waals surface area contributed by atoms with Crippen LogP contribution in [0.2, 0.25) is 5.02 Å². The smallest absolute Gasteiger partial charge is 0.324 e. The molecule has 1 nitrogen and oxygen atoms in total. The van der Waals surface area contributed by atoms with Crippen molar-refractivity contribution < 1.29 is 17.6 Å². The quantitative estimate of drug-likeness (QED) is 0.789. The molecule has 0 unspecified atom stereocenters. The molecule has 0 aliphatic heterocycles. The lowest BCUT2D eigenvalue weighted by Crippen LogP contribution is -2.21. The Morgan fingerprint density at radius 2 is 1.93 bits per heavy atom. The Kier molecular flexibility index (Phi) is 3.57. The van der Waals surface area contributed by atoms with Crippen molar-refractivity contribution >= 4 is 11.6 Å². The van der Waals surface area contributed by atoms with E-state index >= 15 is 0 Å². The van der Waals surface area contributed by atoms with E-state index in [4.69, 9.17) is 17.3 Å². The van der Waals surface area contributed by atoms with Crippen LogP contribution in [0.3, 0.4) is 0 Å². The van der Waals surface area contributed by atoms with Gasteiger partial charge in [-0.15, -0.1) is 0 Å². The third-order valence-electron chi connectivity index (χ3n) is 1.81. The van der Waals surface area contributed by atoms with E-state index in [1.807, 2.05) is 0 Å². The fraction of sp³-hybridized carbons (Fsp3) is 0.333. The molecule has 0 radical (unpaired) electrons. The number of nitrogens with two attached hydrogens (primary N) is 1. The van der Waals surface area contributed by atoms with Gasteiger partial charge in [-0.2, -0.15) is 13.2 Å². The third-order valence-corrected chi connectivity index (χ3v) is 2.04. The van der Waals surface area contributed by atoms with E-state index in [0.717, 1.165) is 12.1 Å². The predicted molar refractivity (Wildman–Crippen MR) is 49.0 cm³/mol. The highest BCUT2D eigenvalue weighted by molar-refractivity contribution is 6.30. The molecular weight excluding hydrogens is 234 g/mol. The molecule has 1 aromatic rings. The fourth-order valence-electron chi connectivity index (χ4n) is 1.16. The summed E-state index contributed by atoms with van der Waals surface area (Å²) in [6.07, 6.45) is -5.70. The second-order valence-corrected chi connectivity index (χ2v) is 3.53. The normalized spacial score (nSPS) is 14.0. The molecule has 0 heterocycles. The van der Waals surface area contributed by atoms with Crippen LogP contribution < -0.4 is 5.73 Å². The van der Waals surface area contributed by atoms with Crippen LogP contribution in [-0.4, -0.2) is 6.18 Å². The molecule has 6 heteroatoms. The predicted octanol–water partition coefficient (Wildman–Crippen LogP) is 3.43. The van der Waals surface area contributed by atoms with Gasteiger partial charge in [0.2, 0.25) is 0 Å². The van der Waals surface area contributed by atoms with Gasteiger partial charge in [-0.1, -0.05) is 11.6 Å². The van der Waals surface area contributed by atoms with Crippen LogP contribution in [0, 0.1) is 5.82 Å². The monoisotopic (exact) mass is 241 g/mol. The minimum atomic E-state index is -4.42. The van der Waals surface area contributed by atoms with E-state index in [2.05, 4.69) is 0 Å². The van der Waals surface area contributed by atoms with Gasteiger partial charge < -0.3 is 5.73 Å². The Hall–Kier alpha value is -0.810. The Labute approximate surface area is 88.8 Å². The molecule has 84 valence electrons. The van der Waals surface area contributed by atoms with Gasteiger partial charge in [-0.25, -0.2) is 4.39 Å². The molecule has 0 amide bonds. The SMILES string of the molecule is N[C@H](CC(F)(F)F)c1cc(Cl)ccc1F. The van der Waals surface area contributed by atoms with Crippen molar-refractivity contribution in [3.8, 4) is 0 Å². The van der Waals surface area contributed by atoms with Crippen molar-refractivity contribution in [1.82, 2.24) is 0 Å². The summed E-state index contributed by atoms with van der Waals surface area (Å²) in [5, 5.41) is 0.157. The fourth-order valence-corrected chi connectivity index (χ4v) is 1.34. The van der Waals surface area contributed by atoms with Crippen LogP contribution in [0.25, 0.3) is 0 Å². The van der Waals surface area contributed by atoms with Gasteiger partial charge in [0.25, 0.3) is 0 Å². The first-order valence-electron chi connectivity index (χ1n) is 4.07. The Morgan fingerprint density at radius 1 is 1.33 bits per heavy atom. The lowest BCUT2D eigenvalue weighted by Gasteiger charge is -2.15. The second-order valence-electron chi connectivity index (χ2n) is 3.09. The van der Waals surface area contributed by atoms with E-state index in [1.54, 1.807) is 0 Å². The van der Waals surface area contributed by atoms with Gasteiger partial charge in [0.15, 0.2) is 0 Å². The highest BCUT2D eigenvalue weighted by atomic mass is 35.5. The Morgan fingerprint density at radius 3 is 2.47 bits per heavy atom. The van der Waals surface area contributed by atoms with Crippen LogP contribution in [0.5, 0.6) is 0 Å². The van der Waals surface area contributed by atoms with Crippen LogP contribution in [0.4, 0.5) is 17.6 Å². The van der Waals surface area contributed by atoms with Gasteiger partial charge >= 0.3 is 6.18 Å². The van der Waals surface area contributed by atoms with Gasteiger partial charge in [-0.3, -0.25) is 0 Å². The lowest BCUT2D eigenvalue weighted by atomic mass is 10.0. The Bertz CT molecular complexity index is 350. The van der Waals surface area contributed by atoms with E-state index in [1.165, 1.54) is 6.07 Å². The topological polar surface area (TPSA) is 26.0 Å². The summed E-state index contributed by atoms with van der Waals surface area (Å²) in [5.74, 6) is -0.781. The number of hydrogen-bond acceptors (Lipinski definition) is 1. The number of halogens is 5. The molecular formula is C9H8ClF4N. The first-order chi connectivity index (χ1) is 6.79. The maximum Gasteiger partial charge on any atom is 0.390 e. The minimum Gasteiger partial charge on any atom is -0.324 e. The largest absolute Gasteiger partial charge is 0.390 e. The number of alkyl halides is 3. The highest BCUT2D eigenvalue weighted by Gasteiger charge is 2.31. The maximum absolute atomic E-state index is 13.1. The summed E-state index contributed by atoms with van der Waals surface area (Å²) in [4.78, 5) is 0. The van der Waals surface area contributed by atoms with E-state index in [0.29, 0.717) is 0 Å². The van der Waals surface area contributed by atoms with Crippen molar-refractivity contribution in [1.29, 1.82) is 0 Å².